The molecule has 1 amide bonds. The van der Waals surface area contributed by atoms with E-state index in [1.165, 1.54) is 6.92 Å². The van der Waals surface area contributed by atoms with Crippen LogP contribution in [-0.2, 0) is 18.6 Å². The first-order chi connectivity index (χ1) is 17.9. The number of halogens is 1. The number of hydrogen-bond donors (Lipinski definition) is 5. The number of nitrogens with one attached hydrogen (secondary N) is 3. The Kier molecular flexibility index (Phi) is 10.0. The van der Waals surface area contributed by atoms with Gasteiger partial charge in [-0.25, -0.2) is 14.5 Å². The third-order valence-corrected chi connectivity index (χ3v) is 6.17. The lowest BCUT2D eigenvalue weighted by Crippen LogP contribution is -2.32. The Balaban J connectivity index is 1.77. The summed E-state index contributed by atoms with van der Waals surface area (Å²) in [7, 11) is -4.61. The van der Waals surface area contributed by atoms with E-state index in [4.69, 9.17) is 26.1 Å². The molecule has 2 atom stereocenters. The second kappa shape index (κ2) is 13.0. The number of benzene rings is 1. The van der Waals surface area contributed by atoms with Gasteiger partial charge in [0.05, 0.1) is 24.4 Å². The van der Waals surface area contributed by atoms with Gasteiger partial charge in [-0.15, -0.1) is 0 Å². The number of aryl methyl sites for hydroxylation is 1. The predicted molar refractivity (Wildman–Crippen MR) is 141 cm³/mol. The summed E-state index contributed by atoms with van der Waals surface area (Å²) in [6.45, 7) is 4.62. The number of phosphoric acid groups is 1. The van der Waals surface area contributed by atoms with Gasteiger partial charge in [-0.05, 0) is 42.7 Å². The van der Waals surface area contributed by atoms with Crippen molar-refractivity contribution in [1.29, 1.82) is 0 Å². The van der Waals surface area contributed by atoms with Gasteiger partial charge in [-0.2, -0.15) is 0 Å². The molecule has 12 nitrogen and oxygen atoms in total. The predicted octanol–water partition coefficient (Wildman–Crippen LogP) is 3.77. The Morgan fingerprint density at radius 3 is 2.66 bits per heavy atom. The molecule has 0 unspecified atom stereocenters. The van der Waals surface area contributed by atoms with Gasteiger partial charge >= 0.3 is 13.8 Å². The average Bonchev–Trinajstić information content (AvgIpc) is 3.35. The number of esters is 1. The number of carbonyl (C=O) groups is 2. The van der Waals surface area contributed by atoms with E-state index in [1.54, 1.807) is 42.7 Å². The third kappa shape index (κ3) is 8.64. The van der Waals surface area contributed by atoms with Crippen LogP contribution in [0.4, 0.5) is 5.95 Å². The van der Waals surface area contributed by atoms with E-state index in [0.29, 0.717) is 28.3 Å². The van der Waals surface area contributed by atoms with E-state index in [0.717, 1.165) is 5.56 Å². The number of ether oxygens (including phenoxy) is 1. The molecule has 1 aromatic carbocycles. The number of aromatic amines is 1. The fourth-order valence-electron chi connectivity index (χ4n) is 3.48. The molecule has 0 radical (unpaired) electrons. The molecule has 3 rings (SSSR count). The lowest BCUT2D eigenvalue weighted by atomic mass is 10.1. The van der Waals surface area contributed by atoms with Crippen LogP contribution in [0.15, 0.2) is 42.7 Å². The van der Waals surface area contributed by atoms with Crippen LogP contribution in [0.2, 0.25) is 5.02 Å². The summed E-state index contributed by atoms with van der Waals surface area (Å²) in [6, 6.07) is 7.46. The molecule has 38 heavy (non-hydrogen) atoms. The second-order valence-corrected chi connectivity index (χ2v) is 10.1. The highest BCUT2D eigenvalue weighted by molar-refractivity contribution is 7.46. The lowest BCUT2D eigenvalue weighted by molar-refractivity contribution is -0.141. The van der Waals surface area contributed by atoms with Crippen molar-refractivity contribution in [1.82, 2.24) is 20.3 Å². The highest BCUT2D eigenvalue weighted by Crippen LogP contribution is 2.36. The van der Waals surface area contributed by atoms with Gasteiger partial charge in [0, 0.05) is 29.9 Å². The minimum absolute atomic E-state index is 0.0701. The number of carbonyl (C=O) groups excluding carboxylic acids is 2. The maximum absolute atomic E-state index is 13.1. The zero-order chi connectivity index (χ0) is 27.9. The quantitative estimate of drug-likeness (QED) is 0.160. The minimum Gasteiger partial charge on any atom is -0.463 e. The number of H-pyrrole nitrogens is 1. The number of hydrogen-bond acceptors (Lipinski definition) is 8. The normalized spacial score (nSPS) is 13.0. The first-order valence-electron chi connectivity index (χ1n) is 11.6. The number of amides is 1. The Morgan fingerprint density at radius 1 is 1.24 bits per heavy atom. The van der Waals surface area contributed by atoms with Crippen LogP contribution < -0.4 is 10.6 Å². The van der Waals surface area contributed by atoms with Crippen molar-refractivity contribution >= 4 is 37.2 Å². The van der Waals surface area contributed by atoms with Gasteiger partial charge in [0.25, 0.3) is 5.91 Å². The molecule has 5 N–H and O–H groups in total. The van der Waals surface area contributed by atoms with Crippen molar-refractivity contribution in [2.75, 3.05) is 18.5 Å². The van der Waals surface area contributed by atoms with Crippen molar-refractivity contribution in [2.24, 2.45) is 0 Å². The summed E-state index contributed by atoms with van der Waals surface area (Å²) < 4.78 is 20.7. The fourth-order valence-corrected chi connectivity index (χ4v) is 4.05. The van der Waals surface area contributed by atoms with Crippen LogP contribution in [0, 0.1) is 6.92 Å². The summed E-state index contributed by atoms with van der Waals surface area (Å²) in [5, 5.41) is 6.34. The van der Waals surface area contributed by atoms with Crippen LogP contribution in [0.3, 0.4) is 0 Å². The molecule has 3 aromatic rings. The van der Waals surface area contributed by atoms with Crippen LogP contribution in [-0.4, -0.2) is 55.9 Å². The molecule has 0 saturated carbocycles. The summed E-state index contributed by atoms with van der Waals surface area (Å²) in [5.41, 5.74) is 2.85. The van der Waals surface area contributed by atoms with Crippen molar-refractivity contribution in [3.63, 3.8) is 0 Å². The van der Waals surface area contributed by atoms with E-state index in [1.807, 2.05) is 13.8 Å². The van der Waals surface area contributed by atoms with E-state index in [2.05, 4.69) is 30.1 Å². The van der Waals surface area contributed by atoms with Gasteiger partial charge < -0.3 is 30.1 Å². The average molecular weight is 566 g/mol. The van der Waals surface area contributed by atoms with Crippen LogP contribution >= 0.6 is 19.4 Å². The first-order valence-corrected chi connectivity index (χ1v) is 13.5. The van der Waals surface area contributed by atoms with Gasteiger partial charge in [-0.1, -0.05) is 30.7 Å². The summed E-state index contributed by atoms with van der Waals surface area (Å²) in [6.07, 6.45) is 3.73. The highest BCUT2D eigenvalue weighted by atomic mass is 35.5. The summed E-state index contributed by atoms with van der Waals surface area (Å²) in [4.78, 5) is 54.0. The van der Waals surface area contributed by atoms with Gasteiger partial charge in [0.15, 0.2) is 0 Å². The Hall–Kier alpha value is -3.28. The van der Waals surface area contributed by atoms with Crippen LogP contribution in [0.5, 0.6) is 0 Å². The highest BCUT2D eigenvalue weighted by Gasteiger charge is 2.21. The fraction of sp³-hybridized carbons (Fsp3) is 0.333. The molecule has 0 saturated heterocycles. The summed E-state index contributed by atoms with van der Waals surface area (Å²) in [5.74, 6) is -0.670. The number of phosphoric ester groups is 1. The Bertz CT molecular complexity index is 1330. The Morgan fingerprint density at radius 2 is 2.00 bits per heavy atom. The maximum atomic E-state index is 13.1. The standard InChI is InChI=1S/C24H29ClN5O7P/c1-4-19(12-37-38(33,34)35)28-24-27-10-14(2)22(30-24)17-9-20(26-11-17)23(32)29-21(13-36-15(3)31)16-6-5-7-18(25)8-16/h5-11,19,21,26H,4,12-13H2,1-3H3,(H,29,32)(H,27,28,30)(H2,33,34,35)/t19-,21-/m1/s1. The number of anilines is 1. The molecule has 0 fully saturated rings. The lowest BCUT2D eigenvalue weighted by Gasteiger charge is -2.19. The van der Waals surface area contributed by atoms with E-state index in [9.17, 15) is 14.2 Å². The molecule has 14 heteroatoms. The number of aromatic nitrogens is 3. The molecular formula is C24H29ClN5O7P. The van der Waals surface area contributed by atoms with Crippen molar-refractivity contribution in [3.8, 4) is 11.3 Å². The zero-order valence-electron chi connectivity index (χ0n) is 21.0. The van der Waals surface area contributed by atoms with E-state index in [-0.39, 0.29) is 24.9 Å². The smallest absolute Gasteiger partial charge is 0.463 e. The second-order valence-electron chi connectivity index (χ2n) is 8.45. The monoisotopic (exact) mass is 565 g/mol. The first kappa shape index (κ1) is 29.3. The third-order valence-electron chi connectivity index (χ3n) is 5.45. The molecule has 0 aliphatic rings. The van der Waals surface area contributed by atoms with Gasteiger partial charge in [0.2, 0.25) is 5.95 Å². The van der Waals surface area contributed by atoms with Crippen molar-refractivity contribution < 1.29 is 33.2 Å². The largest absolute Gasteiger partial charge is 0.469 e. The molecule has 0 aliphatic heterocycles. The molecule has 0 bridgehead atoms. The number of rotatable bonds is 12. The molecule has 0 aliphatic carbocycles. The maximum Gasteiger partial charge on any atom is 0.469 e. The molecule has 204 valence electrons. The topological polar surface area (TPSA) is 176 Å². The summed E-state index contributed by atoms with van der Waals surface area (Å²) >= 11 is 6.10. The minimum atomic E-state index is -4.61. The van der Waals surface area contributed by atoms with Crippen molar-refractivity contribution in [2.45, 2.75) is 39.3 Å². The van der Waals surface area contributed by atoms with E-state index >= 15 is 0 Å². The van der Waals surface area contributed by atoms with Crippen LogP contribution in [0.25, 0.3) is 11.3 Å². The van der Waals surface area contributed by atoms with Gasteiger partial charge in [-0.3, -0.25) is 14.1 Å². The molecular weight excluding hydrogens is 537 g/mol. The number of nitrogens with zero attached hydrogens (tertiary/aromatic N) is 2. The molecule has 0 spiro atoms. The molecule has 2 heterocycles. The zero-order valence-corrected chi connectivity index (χ0v) is 22.6. The molecule has 2 aromatic heterocycles. The van der Waals surface area contributed by atoms with Crippen LogP contribution in [0.1, 0.15) is 47.9 Å². The van der Waals surface area contributed by atoms with Crippen molar-refractivity contribution in [3.05, 3.63) is 64.6 Å². The SMILES string of the molecule is CC[C@H](COP(=O)(O)O)Nc1ncc(C)c(-c2c[nH]c(C(=O)N[C@H](COC(C)=O)c3cccc(Cl)c3)c2)n1. The van der Waals surface area contributed by atoms with E-state index < -0.39 is 31.8 Å². The Labute approximate surface area is 224 Å². The van der Waals surface area contributed by atoms with Gasteiger partial charge in [0.1, 0.15) is 12.3 Å².